The van der Waals surface area contributed by atoms with Crippen molar-refractivity contribution in [3.63, 3.8) is 0 Å². The average Bonchev–Trinajstić information content (AvgIpc) is 3.22. The third kappa shape index (κ3) is 4.85. The Morgan fingerprint density at radius 3 is 2.36 bits per heavy atom. The van der Waals surface area contributed by atoms with Gasteiger partial charge in [0.15, 0.2) is 0 Å². The van der Waals surface area contributed by atoms with E-state index >= 15 is 0 Å². The van der Waals surface area contributed by atoms with E-state index in [1.807, 2.05) is 18.2 Å². The van der Waals surface area contributed by atoms with E-state index in [4.69, 9.17) is 4.42 Å². The Labute approximate surface area is 162 Å². The third-order valence-electron chi connectivity index (χ3n) is 4.36. The highest BCUT2D eigenvalue weighted by Gasteiger charge is 2.29. The number of hydrogen-bond acceptors (Lipinski definition) is 3. The van der Waals surface area contributed by atoms with E-state index in [0.29, 0.717) is 11.3 Å². The molecule has 0 spiro atoms. The van der Waals surface area contributed by atoms with Gasteiger partial charge in [-0.05, 0) is 35.4 Å². The first-order chi connectivity index (χ1) is 13.5. The summed E-state index contributed by atoms with van der Waals surface area (Å²) < 4.78 is 18.5. The van der Waals surface area contributed by atoms with Crippen LogP contribution < -0.4 is 5.32 Å². The quantitative estimate of drug-likeness (QED) is 0.678. The van der Waals surface area contributed by atoms with Crippen molar-refractivity contribution in [1.82, 2.24) is 10.2 Å². The van der Waals surface area contributed by atoms with Crippen molar-refractivity contribution >= 4 is 11.8 Å². The molecule has 0 unspecified atom stereocenters. The van der Waals surface area contributed by atoms with Gasteiger partial charge < -0.3 is 14.6 Å². The SMILES string of the molecule is CC(=O)N(Cc1ccc(F)cc1)[C@H](C(=O)NCc1ccco1)c1ccccc1. The van der Waals surface area contributed by atoms with Gasteiger partial charge in [-0.2, -0.15) is 0 Å². The fourth-order valence-electron chi connectivity index (χ4n) is 2.96. The monoisotopic (exact) mass is 380 g/mol. The fourth-order valence-corrected chi connectivity index (χ4v) is 2.96. The molecule has 0 aliphatic carbocycles. The van der Waals surface area contributed by atoms with E-state index in [1.54, 1.807) is 36.4 Å². The Kier molecular flexibility index (Phi) is 6.22. The predicted octanol–water partition coefficient (Wildman–Crippen LogP) is 3.82. The van der Waals surface area contributed by atoms with Crippen LogP contribution in [0.5, 0.6) is 0 Å². The van der Waals surface area contributed by atoms with Gasteiger partial charge in [0.25, 0.3) is 0 Å². The van der Waals surface area contributed by atoms with Crippen molar-refractivity contribution in [1.29, 1.82) is 0 Å². The maximum atomic E-state index is 13.2. The Balaban J connectivity index is 1.87. The van der Waals surface area contributed by atoms with Crippen molar-refractivity contribution in [3.05, 3.63) is 95.7 Å². The number of halogens is 1. The molecule has 1 atom stereocenters. The number of furan rings is 1. The zero-order valence-corrected chi connectivity index (χ0v) is 15.5. The highest BCUT2D eigenvalue weighted by molar-refractivity contribution is 5.88. The summed E-state index contributed by atoms with van der Waals surface area (Å²) in [6.45, 7) is 1.82. The first-order valence-corrected chi connectivity index (χ1v) is 8.91. The molecule has 0 bridgehead atoms. The standard InChI is InChI=1S/C22H21FN2O3/c1-16(26)25(15-17-9-11-19(23)12-10-17)21(18-6-3-2-4-7-18)22(27)24-14-20-8-5-13-28-20/h2-13,21H,14-15H2,1H3,(H,24,27)/t21-/m0/s1. The summed E-state index contributed by atoms with van der Waals surface area (Å²) in [7, 11) is 0. The van der Waals surface area contributed by atoms with Crippen molar-refractivity contribution in [2.45, 2.75) is 26.1 Å². The number of carbonyl (C=O) groups is 2. The number of hydrogen-bond donors (Lipinski definition) is 1. The largest absolute Gasteiger partial charge is 0.467 e. The molecule has 5 nitrogen and oxygen atoms in total. The maximum Gasteiger partial charge on any atom is 0.247 e. The maximum absolute atomic E-state index is 13.2. The molecular weight excluding hydrogens is 359 g/mol. The minimum absolute atomic E-state index is 0.184. The third-order valence-corrected chi connectivity index (χ3v) is 4.36. The molecule has 144 valence electrons. The lowest BCUT2D eigenvalue weighted by Gasteiger charge is -2.30. The number of carbonyl (C=O) groups excluding carboxylic acids is 2. The topological polar surface area (TPSA) is 62.6 Å². The van der Waals surface area contributed by atoms with Crippen molar-refractivity contribution in [2.24, 2.45) is 0 Å². The Bertz CT molecular complexity index is 909. The predicted molar refractivity (Wildman–Crippen MR) is 102 cm³/mol. The number of nitrogens with zero attached hydrogens (tertiary/aromatic N) is 1. The molecule has 0 aliphatic heterocycles. The van der Waals surface area contributed by atoms with Gasteiger partial charge in [0.1, 0.15) is 17.6 Å². The van der Waals surface area contributed by atoms with E-state index in [1.165, 1.54) is 30.2 Å². The molecule has 2 aromatic carbocycles. The van der Waals surface area contributed by atoms with Crippen LogP contribution in [-0.2, 0) is 22.7 Å². The lowest BCUT2D eigenvalue weighted by atomic mass is 10.0. The van der Waals surface area contributed by atoms with Gasteiger partial charge in [-0.1, -0.05) is 42.5 Å². The molecular formula is C22H21FN2O3. The number of amides is 2. The van der Waals surface area contributed by atoms with Gasteiger partial charge in [0.2, 0.25) is 11.8 Å². The Morgan fingerprint density at radius 1 is 1.04 bits per heavy atom. The fraction of sp³-hybridized carbons (Fsp3) is 0.182. The molecule has 0 aliphatic rings. The van der Waals surface area contributed by atoms with Crippen LogP contribution in [0.1, 0.15) is 29.9 Å². The van der Waals surface area contributed by atoms with Crippen LogP contribution in [0.15, 0.2) is 77.4 Å². The molecule has 6 heteroatoms. The summed E-state index contributed by atoms with van der Waals surface area (Å²) in [5, 5.41) is 2.83. The van der Waals surface area contributed by atoms with Crippen LogP contribution in [0.25, 0.3) is 0 Å². The molecule has 0 saturated carbocycles. The molecule has 1 N–H and O–H groups in total. The molecule has 1 aromatic heterocycles. The van der Waals surface area contributed by atoms with Crippen LogP contribution in [0.2, 0.25) is 0 Å². The molecule has 0 radical (unpaired) electrons. The molecule has 3 rings (SSSR count). The second kappa shape index (κ2) is 8.99. The van der Waals surface area contributed by atoms with Gasteiger partial charge in [-0.15, -0.1) is 0 Å². The van der Waals surface area contributed by atoms with Crippen molar-refractivity contribution < 1.29 is 18.4 Å². The van der Waals surface area contributed by atoms with Crippen molar-refractivity contribution in [3.8, 4) is 0 Å². The molecule has 3 aromatic rings. The zero-order valence-electron chi connectivity index (χ0n) is 15.5. The van der Waals surface area contributed by atoms with E-state index in [2.05, 4.69) is 5.32 Å². The zero-order chi connectivity index (χ0) is 19.9. The van der Waals surface area contributed by atoms with Crippen molar-refractivity contribution in [2.75, 3.05) is 0 Å². The molecule has 28 heavy (non-hydrogen) atoms. The lowest BCUT2D eigenvalue weighted by molar-refractivity contribution is -0.140. The van der Waals surface area contributed by atoms with E-state index in [9.17, 15) is 14.0 Å². The van der Waals surface area contributed by atoms with Crippen LogP contribution >= 0.6 is 0 Å². The number of rotatable bonds is 7. The molecule has 0 fully saturated rings. The van der Waals surface area contributed by atoms with E-state index in [0.717, 1.165) is 5.56 Å². The normalized spacial score (nSPS) is 11.6. The second-order valence-corrected chi connectivity index (χ2v) is 6.38. The molecule has 1 heterocycles. The number of benzene rings is 2. The van der Waals surface area contributed by atoms with Gasteiger partial charge >= 0.3 is 0 Å². The first kappa shape index (κ1) is 19.4. The van der Waals surface area contributed by atoms with Gasteiger partial charge in [-0.25, -0.2) is 4.39 Å². The summed E-state index contributed by atoms with van der Waals surface area (Å²) in [5.74, 6) is -0.312. The smallest absolute Gasteiger partial charge is 0.247 e. The Morgan fingerprint density at radius 2 is 1.75 bits per heavy atom. The van der Waals surface area contributed by atoms with Crippen LogP contribution in [0.3, 0.4) is 0 Å². The average molecular weight is 380 g/mol. The minimum atomic E-state index is -0.821. The summed E-state index contributed by atoms with van der Waals surface area (Å²) in [4.78, 5) is 26.9. The number of nitrogens with one attached hydrogen (secondary N) is 1. The second-order valence-electron chi connectivity index (χ2n) is 6.38. The van der Waals surface area contributed by atoms with E-state index < -0.39 is 6.04 Å². The summed E-state index contributed by atoms with van der Waals surface area (Å²) in [6, 6.07) is 17.7. The summed E-state index contributed by atoms with van der Waals surface area (Å²) in [5.41, 5.74) is 1.42. The molecule has 2 amide bonds. The van der Waals surface area contributed by atoms with Gasteiger partial charge in [0, 0.05) is 13.5 Å². The first-order valence-electron chi connectivity index (χ1n) is 8.91. The highest BCUT2D eigenvalue weighted by atomic mass is 19.1. The lowest BCUT2D eigenvalue weighted by Crippen LogP contribution is -2.42. The van der Waals surface area contributed by atoms with Crippen LogP contribution in [-0.4, -0.2) is 16.7 Å². The highest BCUT2D eigenvalue weighted by Crippen LogP contribution is 2.24. The van der Waals surface area contributed by atoms with Gasteiger partial charge in [0.05, 0.1) is 12.8 Å². The van der Waals surface area contributed by atoms with E-state index in [-0.39, 0.29) is 30.7 Å². The Hall–Kier alpha value is -3.41. The summed E-state index contributed by atoms with van der Waals surface area (Å²) >= 11 is 0. The summed E-state index contributed by atoms with van der Waals surface area (Å²) in [6.07, 6.45) is 1.53. The minimum Gasteiger partial charge on any atom is -0.467 e. The van der Waals surface area contributed by atoms with Gasteiger partial charge in [-0.3, -0.25) is 9.59 Å². The molecule has 0 saturated heterocycles. The van der Waals surface area contributed by atoms with Crippen LogP contribution in [0, 0.1) is 5.82 Å². The van der Waals surface area contributed by atoms with Crippen LogP contribution in [0.4, 0.5) is 4.39 Å².